The highest BCUT2D eigenvalue weighted by Crippen LogP contribution is 2.11. The van der Waals surface area contributed by atoms with Crippen LogP contribution >= 0.6 is 0 Å². The number of benzene rings is 1. The van der Waals surface area contributed by atoms with Crippen LogP contribution in [0.15, 0.2) is 39.7 Å². The summed E-state index contributed by atoms with van der Waals surface area (Å²) >= 11 is 0. The van der Waals surface area contributed by atoms with E-state index in [1.807, 2.05) is 6.07 Å². The van der Waals surface area contributed by atoms with Crippen LogP contribution in [-0.2, 0) is 0 Å². The molecule has 3 nitrogen and oxygen atoms in total. The van der Waals surface area contributed by atoms with E-state index in [0.717, 1.165) is 0 Å². The molecular formula is C13H7NO2. The van der Waals surface area contributed by atoms with Crippen molar-refractivity contribution in [2.24, 2.45) is 0 Å². The molecule has 0 amide bonds. The standard InChI is InChI=1S/C13H7NO2/c14-7-2-1-3-10-4-5-13-11(9-10)12(15)6-8-16-13/h4-6,8-9H,2H2. The third kappa shape index (κ3) is 1.94. The molecule has 1 aromatic heterocycles. The molecule has 16 heavy (non-hydrogen) atoms. The molecule has 2 rings (SSSR count). The van der Waals surface area contributed by atoms with Crippen molar-refractivity contribution in [3.63, 3.8) is 0 Å². The van der Waals surface area contributed by atoms with E-state index in [4.69, 9.17) is 9.68 Å². The third-order valence-electron chi connectivity index (χ3n) is 2.06. The quantitative estimate of drug-likeness (QED) is 0.624. The molecule has 0 atom stereocenters. The normalized spacial score (nSPS) is 9.19. The van der Waals surface area contributed by atoms with Crippen LogP contribution in [0.5, 0.6) is 0 Å². The molecule has 0 unspecified atom stereocenters. The number of nitrogens with zero attached hydrogens (tertiary/aromatic N) is 1. The molecule has 0 aliphatic rings. The molecule has 0 bridgehead atoms. The van der Waals surface area contributed by atoms with E-state index in [-0.39, 0.29) is 11.8 Å². The van der Waals surface area contributed by atoms with Crippen molar-refractivity contribution in [2.75, 3.05) is 0 Å². The lowest BCUT2D eigenvalue weighted by atomic mass is 10.1. The Labute approximate surface area is 91.9 Å². The van der Waals surface area contributed by atoms with Gasteiger partial charge in [-0.15, -0.1) is 0 Å². The lowest BCUT2D eigenvalue weighted by Crippen LogP contribution is -1.97. The fourth-order valence-corrected chi connectivity index (χ4v) is 1.35. The van der Waals surface area contributed by atoms with Crippen LogP contribution in [0.2, 0.25) is 0 Å². The van der Waals surface area contributed by atoms with Gasteiger partial charge in [0.15, 0.2) is 5.43 Å². The zero-order chi connectivity index (χ0) is 11.4. The Bertz CT molecular complexity index is 681. The van der Waals surface area contributed by atoms with Crippen molar-refractivity contribution in [1.82, 2.24) is 0 Å². The summed E-state index contributed by atoms with van der Waals surface area (Å²) in [6.07, 6.45) is 1.55. The van der Waals surface area contributed by atoms with Gasteiger partial charge in [-0.3, -0.25) is 4.79 Å². The Kier molecular flexibility index (Phi) is 2.71. The number of rotatable bonds is 0. The number of nitriles is 1. The van der Waals surface area contributed by atoms with E-state index in [0.29, 0.717) is 16.5 Å². The molecule has 0 spiro atoms. The summed E-state index contributed by atoms with van der Waals surface area (Å²) in [6.45, 7) is 0. The monoisotopic (exact) mass is 209 g/mol. The van der Waals surface area contributed by atoms with Gasteiger partial charge in [0.2, 0.25) is 0 Å². The minimum absolute atomic E-state index is 0.0924. The summed E-state index contributed by atoms with van der Waals surface area (Å²) < 4.78 is 5.17. The van der Waals surface area contributed by atoms with Crippen molar-refractivity contribution in [3.8, 4) is 17.9 Å². The van der Waals surface area contributed by atoms with Gasteiger partial charge in [-0.05, 0) is 18.2 Å². The maximum atomic E-state index is 11.5. The number of fused-ring (bicyclic) bond motifs is 1. The minimum atomic E-state index is -0.0924. The average molecular weight is 209 g/mol. The van der Waals surface area contributed by atoms with Crippen molar-refractivity contribution < 1.29 is 4.42 Å². The van der Waals surface area contributed by atoms with Crippen LogP contribution in [0.4, 0.5) is 0 Å². The number of hydrogen-bond donors (Lipinski definition) is 0. The first kappa shape index (κ1) is 10.0. The van der Waals surface area contributed by atoms with Gasteiger partial charge < -0.3 is 4.42 Å². The van der Waals surface area contributed by atoms with E-state index < -0.39 is 0 Å². The van der Waals surface area contributed by atoms with Crippen LogP contribution in [0.3, 0.4) is 0 Å². The zero-order valence-electron chi connectivity index (χ0n) is 8.36. The second-order valence-corrected chi connectivity index (χ2v) is 3.13. The van der Waals surface area contributed by atoms with Crippen molar-refractivity contribution in [1.29, 1.82) is 5.26 Å². The molecule has 0 N–H and O–H groups in total. The topological polar surface area (TPSA) is 54.0 Å². The van der Waals surface area contributed by atoms with Gasteiger partial charge in [0.1, 0.15) is 5.58 Å². The SMILES string of the molecule is N#CCC#Cc1ccc2occc(=O)c2c1. The Morgan fingerprint density at radius 3 is 3.00 bits per heavy atom. The second kappa shape index (κ2) is 4.33. The fraction of sp³-hybridized carbons (Fsp3) is 0.0769. The van der Waals surface area contributed by atoms with Crippen molar-refractivity contribution in [3.05, 3.63) is 46.3 Å². The summed E-state index contributed by atoms with van der Waals surface area (Å²) in [7, 11) is 0. The highest BCUT2D eigenvalue weighted by atomic mass is 16.3. The molecule has 0 radical (unpaired) electrons. The third-order valence-corrected chi connectivity index (χ3v) is 2.06. The van der Waals surface area contributed by atoms with Gasteiger partial charge in [0.05, 0.1) is 24.1 Å². The molecule has 3 heteroatoms. The van der Waals surface area contributed by atoms with Gasteiger partial charge in [-0.25, -0.2) is 0 Å². The first-order valence-electron chi connectivity index (χ1n) is 4.68. The van der Waals surface area contributed by atoms with E-state index in [2.05, 4.69) is 11.8 Å². The molecule has 0 aliphatic carbocycles. The maximum Gasteiger partial charge on any atom is 0.192 e. The summed E-state index contributed by atoms with van der Waals surface area (Å²) in [5.74, 6) is 5.50. The number of hydrogen-bond acceptors (Lipinski definition) is 3. The lowest BCUT2D eigenvalue weighted by Gasteiger charge is -1.95. The second-order valence-electron chi connectivity index (χ2n) is 3.13. The molecule has 0 aliphatic heterocycles. The molecular weight excluding hydrogens is 202 g/mol. The summed E-state index contributed by atoms with van der Waals surface area (Å²) in [5.41, 5.74) is 1.16. The molecule has 0 fully saturated rings. The molecule has 1 aromatic carbocycles. The Hall–Kier alpha value is -2.52. The molecule has 0 saturated carbocycles. The van der Waals surface area contributed by atoms with Gasteiger partial charge >= 0.3 is 0 Å². The Balaban J connectivity index is 2.54. The Morgan fingerprint density at radius 1 is 1.31 bits per heavy atom. The van der Waals surface area contributed by atoms with E-state index in [1.165, 1.54) is 12.3 Å². The van der Waals surface area contributed by atoms with Crippen molar-refractivity contribution >= 4 is 11.0 Å². The van der Waals surface area contributed by atoms with Gasteiger partial charge in [-0.1, -0.05) is 11.8 Å². The van der Waals surface area contributed by atoms with Gasteiger partial charge in [0, 0.05) is 11.6 Å². The van der Waals surface area contributed by atoms with Crippen LogP contribution in [-0.4, -0.2) is 0 Å². The van der Waals surface area contributed by atoms with E-state index in [9.17, 15) is 4.79 Å². The minimum Gasteiger partial charge on any atom is -0.464 e. The van der Waals surface area contributed by atoms with Crippen LogP contribution in [0.1, 0.15) is 12.0 Å². The van der Waals surface area contributed by atoms with Gasteiger partial charge in [-0.2, -0.15) is 5.26 Å². The van der Waals surface area contributed by atoms with Gasteiger partial charge in [0.25, 0.3) is 0 Å². The molecule has 0 saturated heterocycles. The predicted molar refractivity (Wildman–Crippen MR) is 59.6 cm³/mol. The maximum absolute atomic E-state index is 11.5. The lowest BCUT2D eigenvalue weighted by molar-refractivity contribution is 0.602. The van der Waals surface area contributed by atoms with Crippen LogP contribution in [0.25, 0.3) is 11.0 Å². The summed E-state index contributed by atoms with van der Waals surface area (Å²) in [6, 6.07) is 8.44. The highest BCUT2D eigenvalue weighted by Gasteiger charge is 1.99. The molecule has 1 heterocycles. The summed E-state index contributed by atoms with van der Waals surface area (Å²) in [5, 5.41) is 8.85. The highest BCUT2D eigenvalue weighted by molar-refractivity contribution is 5.77. The molecule has 2 aromatic rings. The predicted octanol–water partition coefficient (Wildman–Crippen LogP) is 2.06. The first-order valence-corrected chi connectivity index (χ1v) is 4.68. The Morgan fingerprint density at radius 2 is 2.19 bits per heavy atom. The van der Waals surface area contributed by atoms with Crippen molar-refractivity contribution in [2.45, 2.75) is 6.42 Å². The van der Waals surface area contributed by atoms with E-state index in [1.54, 1.807) is 18.2 Å². The smallest absolute Gasteiger partial charge is 0.192 e. The van der Waals surface area contributed by atoms with Crippen LogP contribution in [0, 0.1) is 23.2 Å². The fourth-order valence-electron chi connectivity index (χ4n) is 1.35. The van der Waals surface area contributed by atoms with Crippen LogP contribution < -0.4 is 5.43 Å². The first-order chi connectivity index (χ1) is 7.81. The summed E-state index contributed by atoms with van der Waals surface area (Å²) in [4.78, 5) is 11.5. The zero-order valence-corrected chi connectivity index (χ0v) is 8.36. The van der Waals surface area contributed by atoms with E-state index >= 15 is 0 Å². The molecule has 76 valence electrons. The largest absolute Gasteiger partial charge is 0.464 e. The average Bonchev–Trinajstić information content (AvgIpc) is 2.30.